The van der Waals surface area contributed by atoms with Gasteiger partial charge in [0.15, 0.2) is 0 Å². The van der Waals surface area contributed by atoms with Crippen LogP contribution in [0, 0.1) is 6.92 Å². The van der Waals surface area contributed by atoms with E-state index < -0.39 is 15.9 Å². The first-order valence-electron chi connectivity index (χ1n) is 7.91. The van der Waals surface area contributed by atoms with Crippen LogP contribution in [0.15, 0.2) is 54.6 Å². The standard InChI is InChI=1S/C19H19N3O3S/c1-12-17(19(20)23)11-18(21-12)15-5-3-13(4-6-15)14-7-9-16(10-8-14)22-26(2,24)25/h3-11,21-22H,1-2H3,(H2,20,23). The van der Waals surface area contributed by atoms with Gasteiger partial charge in [-0.1, -0.05) is 36.4 Å². The molecule has 0 aliphatic heterocycles. The highest BCUT2D eigenvalue weighted by atomic mass is 32.2. The molecule has 0 spiro atoms. The Morgan fingerprint density at radius 2 is 1.46 bits per heavy atom. The molecule has 0 radical (unpaired) electrons. The van der Waals surface area contributed by atoms with E-state index >= 15 is 0 Å². The molecule has 1 amide bonds. The van der Waals surface area contributed by atoms with Crippen LogP contribution in [-0.2, 0) is 10.0 Å². The Labute approximate surface area is 152 Å². The highest BCUT2D eigenvalue weighted by Crippen LogP contribution is 2.26. The number of benzene rings is 2. The topological polar surface area (TPSA) is 105 Å². The van der Waals surface area contributed by atoms with E-state index in [0.717, 1.165) is 34.3 Å². The van der Waals surface area contributed by atoms with Gasteiger partial charge in [-0.15, -0.1) is 0 Å². The quantitative estimate of drug-likeness (QED) is 0.643. The second-order valence-corrected chi connectivity index (χ2v) is 7.86. The van der Waals surface area contributed by atoms with E-state index in [4.69, 9.17) is 5.73 Å². The third-order valence-electron chi connectivity index (χ3n) is 4.00. The monoisotopic (exact) mass is 369 g/mol. The molecule has 1 aromatic heterocycles. The van der Waals surface area contributed by atoms with E-state index in [2.05, 4.69) is 9.71 Å². The van der Waals surface area contributed by atoms with Crippen LogP contribution in [-0.4, -0.2) is 25.6 Å². The zero-order valence-electron chi connectivity index (χ0n) is 14.4. The smallest absolute Gasteiger partial charge is 0.250 e. The van der Waals surface area contributed by atoms with Crippen molar-refractivity contribution in [3.63, 3.8) is 0 Å². The summed E-state index contributed by atoms with van der Waals surface area (Å²) in [6, 6.07) is 16.7. The Balaban J connectivity index is 1.83. The molecule has 134 valence electrons. The molecule has 2 aromatic carbocycles. The van der Waals surface area contributed by atoms with Gasteiger partial charge in [-0.25, -0.2) is 8.42 Å². The Morgan fingerprint density at radius 1 is 0.962 bits per heavy atom. The molecule has 0 saturated heterocycles. The summed E-state index contributed by atoms with van der Waals surface area (Å²) >= 11 is 0. The van der Waals surface area contributed by atoms with E-state index in [1.165, 1.54) is 0 Å². The van der Waals surface area contributed by atoms with E-state index in [1.807, 2.05) is 43.3 Å². The number of H-pyrrole nitrogens is 1. The molecule has 0 aliphatic rings. The summed E-state index contributed by atoms with van der Waals surface area (Å²) in [5.41, 5.74) is 10.8. The first kappa shape index (κ1) is 17.8. The van der Waals surface area contributed by atoms with Crippen molar-refractivity contribution in [2.75, 3.05) is 11.0 Å². The number of hydrogen-bond donors (Lipinski definition) is 3. The molecule has 4 N–H and O–H groups in total. The third-order valence-corrected chi connectivity index (χ3v) is 4.60. The maximum absolute atomic E-state index is 11.4. The number of sulfonamides is 1. The second-order valence-electron chi connectivity index (χ2n) is 6.11. The number of carbonyl (C=O) groups is 1. The number of rotatable bonds is 5. The summed E-state index contributed by atoms with van der Waals surface area (Å²) in [6.07, 6.45) is 1.12. The summed E-state index contributed by atoms with van der Waals surface area (Å²) in [6.45, 7) is 1.81. The van der Waals surface area contributed by atoms with Crippen LogP contribution < -0.4 is 10.5 Å². The number of aryl methyl sites for hydroxylation is 1. The van der Waals surface area contributed by atoms with Gasteiger partial charge in [0, 0.05) is 17.1 Å². The molecular formula is C19H19N3O3S. The fourth-order valence-corrected chi connectivity index (χ4v) is 3.32. The third kappa shape index (κ3) is 3.94. The van der Waals surface area contributed by atoms with Crippen molar-refractivity contribution >= 4 is 21.6 Å². The first-order valence-corrected chi connectivity index (χ1v) is 9.80. The Hall–Kier alpha value is -3.06. The molecule has 6 nitrogen and oxygen atoms in total. The van der Waals surface area contributed by atoms with Gasteiger partial charge in [-0.05, 0) is 41.8 Å². The van der Waals surface area contributed by atoms with Gasteiger partial charge in [0.05, 0.1) is 11.8 Å². The fraction of sp³-hybridized carbons (Fsp3) is 0.105. The molecule has 0 saturated carbocycles. The van der Waals surface area contributed by atoms with Crippen LogP contribution >= 0.6 is 0 Å². The number of carbonyl (C=O) groups excluding carboxylic acids is 1. The lowest BCUT2D eigenvalue weighted by atomic mass is 10.0. The van der Waals surface area contributed by atoms with Gasteiger partial charge in [0.25, 0.3) is 5.91 Å². The SMILES string of the molecule is Cc1[nH]c(-c2ccc(-c3ccc(NS(C)(=O)=O)cc3)cc2)cc1C(N)=O. The minimum Gasteiger partial charge on any atom is -0.366 e. The summed E-state index contributed by atoms with van der Waals surface area (Å²) < 4.78 is 24.9. The van der Waals surface area contributed by atoms with Crippen molar-refractivity contribution in [2.24, 2.45) is 5.73 Å². The van der Waals surface area contributed by atoms with Crippen molar-refractivity contribution in [3.8, 4) is 22.4 Å². The van der Waals surface area contributed by atoms with Gasteiger partial charge >= 0.3 is 0 Å². The van der Waals surface area contributed by atoms with Gasteiger partial charge in [-0.3, -0.25) is 9.52 Å². The summed E-state index contributed by atoms with van der Waals surface area (Å²) in [7, 11) is -3.29. The summed E-state index contributed by atoms with van der Waals surface area (Å²) in [5.74, 6) is -0.454. The minimum absolute atomic E-state index is 0.454. The van der Waals surface area contributed by atoms with Gasteiger partial charge in [0.1, 0.15) is 0 Å². The molecule has 0 atom stereocenters. The predicted octanol–water partition coefficient (Wildman–Crippen LogP) is 3.13. The van der Waals surface area contributed by atoms with E-state index in [-0.39, 0.29) is 0 Å². The predicted molar refractivity (Wildman–Crippen MR) is 103 cm³/mol. The zero-order valence-corrected chi connectivity index (χ0v) is 15.2. The Morgan fingerprint density at radius 3 is 1.92 bits per heavy atom. The van der Waals surface area contributed by atoms with Crippen molar-refractivity contribution in [1.82, 2.24) is 4.98 Å². The zero-order chi connectivity index (χ0) is 18.9. The number of primary amides is 1. The van der Waals surface area contributed by atoms with E-state index in [1.54, 1.807) is 18.2 Å². The van der Waals surface area contributed by atoms with Crippen LogP contribution in [0.4, 0.5) is 5.69 Å². The molecule has 3 rings (SSSR count). The molecule has 0 aliphatic carbocycles. The van der Waals surface area contributed by atoms with Gasteiger partial charge in [-0.2, -0.15) is 0 Å². The number of hydrogen-bond acceptors (Lipinski definition) is 3. The van der Waals surface area contributed by atoms with Crippen molar-refractivity contribution in [3.05, 3.63) is 65.9 Å². The first-order chi connectivity index (χ1) is 12.2. The Bertz CT molecular complexity index is 1050. The normalized spacial score (nSPS) is 11.3. The van der Waals surface area contributed by atoms with Crippen LogP contribution in [0.1, 0.15) is 16.1 Å². The lowest BCUT2D eigenvalue weighted by molar-refractivity contribution is 0.1000. The molecule has 0 bridgehead atoms. The minimum atomic E-state index is -3.29. The maximum Gasteiger partial charge on any atom is 0.250 e. The van der Waals surface area contributed by atoms with E-state index in [9.17, 15) is 13.2 Å². The molecule has 7 heteroatoms. The van der Waals surface area contributed by atoms with Crippen molar-refractivity contribution < 1.29 is 13.2 Å². The van der Waals surface area contributed by atoms with Crippen molar-refractivity contribution in [2.45, 2.75) is 6.92 Å². The van der Waals surface area contributed by atoms with Crippen LogP contribution in [0.25, 0.3) is 22.4 Å². The highest BCUT2D eigenvalue weighted by Gasteiger charge is 2.11. The van der Waals surface area contributed by atoms with E-state index in [0.29, 0.717) is 11.3 Å². The fourth-order valence-electron chi connectivity index (χ4n) is 2.76. The van der Waals surface area contributed by atoms with Crippen LogP contribution in [0.3, 0.4) is 0 Å². The molecule has 1 heterocycles. The number of anilines is 1. The second kappa shape index (κ2) is 6.68. The molecule has 0 fully saturated rings. The Kier molecular flexibility index (Phi) is 4.56. The van der Waals surface area contributed by atoms with Crippen molar-refractivity contribution in [1.29, 1.82) is 0 Å². The molecule has 0 unspecified atom stereocenters. The number of nitrogens with two attached hydrogens (primary N) is 1. The summed E-state index contributed by atoms with van der Waals surface area (Å²) in [5, 5.41) is 0. The average molecular weight is 369 g/mol. The number of nitrogens with one attached hydrogen (secondary N) is 2. The van der Waals surface area contributed by atoms with Gasteiger partial charge < -0.3 is 10.7 Å². The summed E-state index contributed by atoms with van der Waals surface area (Å²) in [4.78, 5) is 14.5. The van der Waals surface area contributed by atoms with Crippen LogP contribution in [0.2, 0.25) is 0 Å². The average Bonchev–Trinajstić information content (AvgIpc) is 2.96. The largest absolute Gasteiger partial charge is 0.366 e. The molecule has 26 heavy (non-hydrogen) atoms. The lowest BCUT2D eigenvalue weighted by Crippen LogP contribution is -2.10. The molecular weight excluding hydrogens is 350 g/mol. The highest BCUT2D eigenvalue weighted by molar-refractivity contribution is 7.92. The maximum atomic E-state index is 11.4. The van der Waals surface area contributed by atoms with Gasteiger partial charge in [0.2, 0.25) is 10.0 Å². The number of amides is 1. The molecule has 3 aromatic rings. The number of aromatic amines is 1. The lowest BCUT2D eigenvalue weighted by Gasteiger charge is -2.07. The number of aromatic nitrogens is 1. The van der Waals surface area contributed by atoms with Crippen LogP contribution in [0.5, 0.6) is 0 Å².